The van der Waals surface area contributed by atoms with Gasteiger partial charge in [0.05, 0.1) is 5.92 Å². The number of nitrogens with zero attached hydrogens (tertiary/aromatic N) is 1. The maximum absolute atomic E-state index is 12.4. The van der Waals surface area contributed by atoms with Gasteiger partial charge >= 0.3 is 5.97 Å². The monoisotopic (exact) mass is 380 g/mol. The molecule has 0 saturated carbocycles. The lowest BCUT2D eigenvalue weighted by atomic mass is 10.1. The highest BCUT2D eigenvalue weighted by Crippen LogP contribution is 2.29. The normalized spacial score (nSPS) is 16.1. The molecular formula is C22H24N2O4. The molecule has 1 heterocycles. The molecule has 6 nitrogen and oxygen atoms in total. The third-order valence-electron chi connectivity index (χ3n) is 5.00. The number of carbonyl (C=O) groups excluding carboxylic acids is 3. The number of aryl methyl sites for hydroxylation is 1. The second-order valence-electron chi connectivity index (χ2n) is 6.99. The number of rotatable bonds is 6. The molecule has 1 aliphatic heterocycles. The van der Waals surface area contributed by atoms with Gasteiger partial charge in [-0.1, -0.05) is 42.5 Å². The summed E-state index contributed by atoms with van der Waals surface area (Å²) < 4.78 is 5.13. The Hall–Kier alpha value is -3.15. The van der Waals surface area contributed by atoms with Crippen molar-refractivity contribution in [1.82, 2.24) is 5.32 Å². The van der Waals surface area contributed by atoms with Gasteiger partial charge in [-0.2, -0.15) is 0 Å². The minimum Gasteiger partial charge on any atom is -0.455 e. The molecule has 1 fully saturated rings. The molecule has 0 radical (unpaired) electrons. The molecule has 3 rings (SSSR count). The average molecular weight is 380 g/mol. The van der Waals surface area contributed by atoms with Gasteiger partial charge in [-0.15, -0.1) is 0 Å². The summed E-state index contributed by atoms with van der Waals surface area (Å²) in [6, 6.07) is 15.2. The van der Waals surface area contributed by atoms with Gasteiger partial charge < -0.3 is 15.0 Å². The topological polar surface area (TPSA) is 75.7 Å². The van der Waals surface area contributed by atoms with E-state index >= 15 is 0 Å². The van der Waals surface area contributed by atoms with E-state index in [1.165, 1.54) is 0 Å². The highest BCUT2D eigenvalue weighted by atomic mass is 16.5. The summed E-state index contributed by atoms with van der Waals surface area (Å²) in [7, 11) is 0. The van der Waals surface area contributed by atoms with E-state index in [1.54, 1.807) is 4.90 Å². The zero-order valence-electron chi connectivity index (χ0n) is 16.1. The summed E-state index contributed by atoms with van der Waals surface area (Å²) in [5, 5.41) is 2.71. The molecule has 6 heteroatoms. The van der Waals surface area contributed by atoms with Crippen molar-refractivity contribution in [3.05, 3.63) is 65.2 Å². The van der Waals surface area contributed by atoms with Crippen LogP contribution in [0.25, 0.3) is 0 Å². The molecule has 0 aliphatic carbocycles. The highest BCUT2D eigenvalue weighted by Gasteiger charge is 2.36. The van der Waals surface area contributed by atoms with Crippen LogP contribution in [0.5, 0.6) is 0 Å². The van der Waals surface area contributed by atoms with Gasteiger partial charge in [0.15, 0.2) is 6.61 Å². The summed E-state index contributed by atoms with van der Waals surface area (Å²) in [6.45, 7) is 4.24. The third kappa shape index (κ3) is 4.57. The molecule has 2 aromatic rings. The number of anilines is 1. The number of ether oxygens (including phenoxy) is 1. The maximum Gasteiger partial charge on any atom is 0.311 e. The van der Waals surface area contributed by atoms with E-state index in [1.807, 2.05) is 62.4 Å². The number of esters is 1. The van der Waals surface area contributed by atoms with E-state index in [-0.39, 0.29) is 31.4 Å². The van der Waals surface area contributed by atoms with Crippen molar-refractivity contribution in [2.75, 3.05) is 18.1 Å². The first kappa shape index (κ1) is 19.6. The Morgan fingerprint density at radius 3 is 2.61 bits per heavy atom. The molecule has 146 valence electrons. The number of hydrogen-bond acceptors (Lipinski definition) is 4. The third-order valence-corrected chi connectivity index (χ3v) is 5.00. The number of hydrogen-bond donors (Lipinski definition) is 1. The van der Waals surface area contributed by atoms with E-state index in [0.29, 0.717) is 6.54 Å². The van der Waals surface area contributed by atoms with Crippen molar-refractivity contribution in [1.29, 1.82) is 0 Å². The minimum absolute atomic E-state index is 0.0951. The standard InChI is InChI=1S/C22H24N2O4/c1-15-7-6-10-19(16(15)2)24-13-18(11-21(24)26)22(27)28-14-20(25)23-12-17-8-4-3-5-9-17/h3-10,18H,11-14H2,1-2H3,(H,23,25)/t18-/m0/s1. The fourth-order valence-electron chi connectivity index (χ4n) is 3.23. The Kier molecular flexibility index (Phi) is 6.09. The highest BCUT2D eigenvalue weighted by molar-refractivity contribution is 6.00. The molecule has 1 saturated heterocycles. The van der Waals surface area contributed by atoms with Gasteiger partial charge in [0.2, 0.25) is 5.91 Å². The Morgan fingerprint density at radius 2 is 1.86 bits per heavy atom. The van der Waals surface area contributed by atoms with Crippen LogP contribution in [0.1, 0.15) is 23.1 Å². The second-order valence-corrected chi connectivity index (χ2v) is 6.99. The van der Waals surface area contributed by atoms with E-state index in [2.05, 4.69) is 5.32 Å². The van der Waals surface area contributed by atoms with Crippen molar-refractivity contribution in [2.45, 2.75) is 26.8 Å². The number of amides is 2. The van der Waals surface area contributed by atoms with Crippen LogP contribution in [-0.2, 0) is 25.7 Å². The molecule has 1 atom stereocenters. The summed E-state index contributed by atoms with van der Waals surface area (Å²) in [5.74, 6) is -1.55. The number of benzene rings is 2. The molecule has 0 bridgehead atoms. The molecule has 1 aliphatic rings. The fraction of sp³-hybridized carbons (Fsp3) is 0.318. The van der Waals surface area contributed by atoms with Crippen LogP contribution >= 0.6 is 0 Å². The predicted octanol–water partition coefficient (Wildman–Crippen LogP) is 2.52. The lowest BCUT2D eigenvalue weighted by Gasteiger charge is -2.20. The van der Waals surface area contributed by atoms with E-state index in [9.17, 15) is 14.4 Å². The Bertz CT molecular complexity index is 879. The van der Waals surface area contributed by atoms with Gasteiger partial charge in [-0.05, 0) is 36.6 Å². The summed E-state index contributed by atoms with van der Waals surface area (Å²) in [5.41, 5.74) is 3.89. The summed E-state index contributed by atoms with van der Waals surface area (Å²) >= 11 is 0. The van der Waals surface area contributed by atoms with Crippen LogP contribution in [0.15, 0.2) is 48.5 Å². The quantitative estimate of drug-likeness (QED) is 0.782. The van der Waals surface area contributed by atoms with E-state index in [0.717, 1.165) is 22.4 Å². The molecule has 2 aromatic carbocycles. The van der Waals surface area contributed by atoms with E-state index in [4.69, 9.17) is 4.74 Å². The zero-order chi connectivity index (χ0) is 20.1. The molecular weight excluding hydrogens is 356 g/mol. The Balaban J connectivity index is 1.50. The molecule has 1 N–H and O–H groups in total. The minimum atomic E-state index is -0.561. The largest absolute Gasteiger partial charge is 0.455 e. The number of carbonyl (C=O) groups is 3. The SMILES string of the molecule is Cc1cccc(N2C[C@@H](C(=O)OCC(=O)NCc3ccccc3)CC2=O)c1C. The van der Waals surface area contributed by atoms with Gasteiger partial charge in [0, 0.05) is 25.2 Å². The first-order valence-corrected chi connectivity index (χ1v) is 9.29. The van der Waals surface area contributed by atoms with Gasteiger partial charge in [0.25, 0.3) is 5.91 Å². The average Bonchev–Trinajstić information content (AvgIpc) is 3.09. The Morgan fingerprint density at radius 1 is 1.11 bits per heavy atom. The first-order valence-electron chi connectivity index (χ1n) is 9.29. The van der Waals surface area contributed by atoms with Crippen LogP contribution in [-0.4, -0.2) is 30.9 Å². The molecule has 28 heavy (non-hydrogen) atoms. The van der Waals surface area contributed by atoms with Crippen LogP contribution in [0.4, 0.5) is 5.69 Å². The lowest BCUT2D eigenvalue weighted by Crippen LogP contribution is -2.31. The van der Waals surface area contributed by atoms with Crippen molar-refractivity contribution >= 4 is 23.5 Å². The van der Waals surface area contributed by atoms with Crippen LogP contribution in [0, 0.1) is 19.8 Å². The molecule has 0 aromatic heterocycles. The van der Waals surface area contributed by atoms with Crippen molar-refractivity contribution in [2.24, 2.45) is 5.92 Å². The first-order chi connectivity index (χ1) is 13.5. The molecule has 2 amide bonds. The second kappa shape index (κ2) is 8.69. The predicted molar refractivity (Wildman–Crippen MR) is 106 cm³/mol. The van der Waals surface area contributed by atoms with E-state index < -0.39 is 11.9 Å². The molecule has 0 unspecified atom stereocenters. The summed E-state index contributed by atoms with van der Waals surface area (Å²) in [4.78, 5) is 38.2. The fourth-order valence-corrected chi connectivity index (χ4v) is 3.23. The summed E-state index contributed by atoms with van der Waals surface area (Å²) in [6.07, 6.45) is 0.0951. The van der Waals surface area contributed by atoms with Crippen molar-refractivity contribution < 1.29 is 19.1 Å². The molecule has 0 spiro atoms. The maximum atomic E-state index is 12.4. The van der Waals surface area contributed by atoms with Crippen LogP contribution in [0.2, 0.25) is 0 Å². The number of nitrogens with one attached hydrogen (secondary N) is 1. The van der Waals surface area contributed by atoms with Crippen LogP contribution < -0.4 is 10.2 Å². The zero-order valence-corrected chi connectivity index (χ0v) is 16.1. The van der Waals surface area contributed by atoms with Gasteiger partial charge in [-0.3, -0.25) is 14.4 Å². The van der Waals surface area contributed by atoms with Crippen molar-refractivity contribution in [3.8, 4) is 0 Å². The van der Waals surface area contributed by atoms with Gasteiger partial charge in [0.1, 0.15) is 0 Å². The Labute approximate surface area is 164 Å². The van der Waals surface area contributed by atoms with Gasteiger partial charge in [-0.25, -0.2) is 0 Å². The van der Waals surface area contributed by atoms with Crippen molar-refractivity contribution in [3.63, 3.8) is 0 Å². The smallest absolute Gasteiger partial charge is 0.311 e. The lowest BCUT2D eigenvalue weighted by molar-refractivity contribution is -0.152. The van der Waals surface area contributed by atoms with Crippen LogP contribution in [0.3, 0.4) is 0 Å².